The number of amides is 2. The minimum absolute atomic E-state index is 0.000194. The van der Waals surface area contributed by atoms with Crippen LogP contribution < -0.4 is 5.32 Å². The lowest BCUT2D eigenvalue weighted by atomic mass is 9.99. The molecule has 25 heavy (non-hydrogen) atoms. The monoisotopic (exact) mass is 340 g/mol. The minimum Gasteiger partial charge on any atom is -0.481 e. The maximum atomic E-state index is 12.6. The van der Waals surface area contributed by atoms with Crippen LogP contribution in [0.1, 0.15) is 30.9 Å². The number of benzene rings is 2. The highest BCUT2D eigenvalue weighted by molar-refractivity contribution is 5.79. The zero-order chi connectivity index (χ0) is 18.2. The van der Waals surface area contributed by atoms with Gasteiger partial charge >= 0.3 is 12.0 Å². The largest absolute Gasteiger partial charge is 0.481 e. The number of rotatable bonds is 7. The van der Waals surface area contributed by atoms with Crippen LogP contribution in [-0.2, 0) is 11.3 Å². The van der Waals surface area contributed by atoms with E-state index in [1.165, 1.54) is 0 Å². The Morgan fingerprint density at radius 2 is 1.56 bits per heavy atom. The molecule has 1 atom stereocenters. The van der Waals surface area contributed by atoms with Crippen LogP contribution in [0.5, 0.6) is 0 Å². The van der Waals surface area contributed by atoms with Gasteiger partial charge in [0.25, 0.3) is 0 Å². The van der Waals surface area contributed by atoms with Crippen LogP contribution in [0.4, 0.5) is 4.79 Å². The smallest absolute Gasteiger partial charge is 0.317 e. The van der Waals surface area contributed by atoms with E-state index in [0.717, 1.165) is 5.56 Å². The first-order valence-electron chi connectivity index (χ1n) is 8.35. The Kier molecular flexibility index (Phi) is 6.57. The average molecular weight is 340 g/mol. The zero-order valence-electron chi connectivity index (χ0n) is 14.6. The lowest BCUT2D eigenvalue weighted by Gasteiger charge is -2.28. The fourth-order valence-corrected chi connectivity index (χ4v) is 2.59. The molecule has 1 unspecified atom stereocenters. The van der Waals surface area contributed by atoms with Gasteiger partial charge in [0, 0.05) is 19.1 Å². The lowest BCUT2D eigenvalue weighted by molar-refractivity contribution is -0.138. The molecule has 2 amide bonds. The van der Waals surface area contributed by atoms with Crippen molar-refractivity contribution in [3.05, 3.63) is 71.8 Å². The van der Waals surface area contributed by atoms with Crippen LogP contribution in [0.25, 0.3) is 0 Å². The molecule has 2 rings (SSSR count). The molecule has 0 aliphatic heterocycles. The van der Waals surface area contributed by atoms with Gasteiger partial charge in [0.05, 0.1) is 5.92 Å². The van der Waals surface area contributed by atoms with Crippen LogP contribution in [0.3, 0.4) is 0 Å². The van der Waals surface area contributed by atoms with Crippen molar-refractivity contribution < 1.29 is 14.7 Å². The molecule has 0 aliphatic carbocycles. The van der Waals surface area contributed by atoms with E-state index in [1.54, 1.807) is 29.2 Å². The molecule has 0 fully saturated rings. The van der Waals surface area contributed by atoms with Crippen molar-refractivity contribution in [2.75, 3.05) is 6.54 Å². The van der Waals surface area contributed by atoms with Crippen LogP contribution in [0.15, 0.2) is 60.7 Å². The van der Waals surface area contributed by atoms with Gasteiger partial charge in [0.15, 0.2) is 0 Å². The lowest BCUT2D eigenvalue weighted by Crippen LogP contribution is -2.45. The van der Waals surface area contributed by atoms with Crippen LogP contribution in [-0.4, -0.2) is 34.6 Å². The van der Waals surface area contributed by atoms with Crippen LogP contribution in [0.2, 0.25) is 0 Å². The van der Waals surface area contributed by atoms with Gasteiger partial charge in [-0.15, -0.1) is 0 Å². The number of carbonyl (C=O) groups is 2. The Labute approximate surface area is 148 Å². The second-order valence-electron chi connectivity index (χ2n) is 6.19. The Hall–Kier alpha value is -2.82. The van der Waals surface area contributed by atoms with Gasteiger partial charge in [0.1, 0.15) is 0 Å². The molecular weight excluding hydrogens is 316 g/mol. The zero-order valence-corrected chi connectivity index (χ0v) is 14.6. The number of hydrogen-bond acceptors (Lipinski definition) is 2. The molecular formula is C20H24N2O3. The molecule has 2 N–H and O–H groups in total. The van der Waals surface area contributed by atoms with Crippen molar-refractivity contribution in [1.29, 1.82) is 0 Å². The molecule has 5 heteroatoms. The summed E-state index contributed by atoms with van der Waals surface area (Å²) in [5.41, 5.74) is 1.71. The van der Waals surface area contributed by atoms with E-state index in [1.807, 2.05) is 50.2 Å². The Bertz CT molecular complexity index is 687. The van der Waals surface area contributed by atoms with Gasteiger partial charge in [-0.2, -0.15) is 0 Å². The van der Waals surface area contributed by atoms with E-state index in [9.17, 15) is 14.7 Å². The van der Waals surface area contributed by atoms with Crippen molar-refractivity contribution in [2.45, 2.75) is 32.4 Å². The summed E-state index contributed by atoms with van der Waals surface area (Å²) in [6, 6.07) is 18.4. The second-order valence-corrected chi connectivity index (χ2v) is 6.19. The molecule has 0 radical (unpaired) electrons. The topological polar surface area (TPSA) is 69.6 Å². The molecule has 0 saturated carbocycles. The summed E-state index contributed by atoms with van der Waals surface area (Å²) in [6.07, 6.45) is 0. The Morgan fingerprint density at radius 3 is 2.08 bits per heavy atom. The van der Waals surface area contributed by atoms with Gasteiger partial charge in [-0.1, -0.05) is 60.7 Å². The Balaban J connectivity index is 2.03. The van der Waals surface area contributed by atoms with Gasteiger partial charge < -0.3 is 15.3 Å². The van der Waals surface area contributed by atoms with Gasteiger partial charge in [0.2, 0.25) is 0 Å². The van der Waals surface area contributed by atoms with Crippen molar-refractivity contribution in [3.63, 3.8) is 0 Å². The number of carbonyl (C=O) groups excluding carboxylic acids is 1. The van der Waals surface area contributed by atoms with E-state index in [2.05, 4.69) is 5.32 Å². The number of nitrogens with one attached hydrogen (secondary N) is 1. The van der Waals surface area contributed by atoms with E-state index in [0.29, 0.717) is 12.1 Å². The maximum absolute atomic E-state index is 12.6. The maximum Gasteiger partial charge on any atom is 0.317 e. The molecule has 132 valence electrons. The number of hydrogen-bond donors (Lipinski definition) is 2. The molecule has 0 aromatic heterocycles. The highest BCUT2D eigenvalue weighted by Gasteiger charge is 2.23. The summed E-state index contributed by atoms with van der Waals surface area (Å²) in [6.45, 7) is 4.41. The standard InChI is InChI=1S/C20H24N2O3/c1-15(2)22(14-16-9-5-3-6-10-16)20(25)21-13-18(19(23)24)17-11-7-4-8-12-17/h3-12,15,18H,13-14H2,1-2H3,(H,21,25)(H,23,24). The van der Waals surface area contributed by atoms with Gasteiger partial charge in [-0.05, 0) is 25.0 Å². The van der Waals surface area contributed by atoms with E-state index in [4.69, 9.17) is 0 Å². The third-order valence-corrected chi connectivity index (χ3v) is 4.04. The molecule has 0 spiro atoms. The summed E-state index contributed by atoms with van der Waals surface area (Å²) >= 11 is 0. The molecule has 0 aliphatic rings. The number of urea groups is 1. The van der Waals surface area contributed by atoms with E-state index >= 15 is 0 Å². The highest BCUT2D eigenvalue weighted by atomic mass is 16.4. The van der Waals surface area contributed by atoms with Crippen molar-refractivity contribution in [1.82, 2.24) is 10.2 Å². The van der Waals surface area contributed by atoms with E-state index in [-0.39, 0.29) is 18.6 Å². The molecule has 0 saturated heterocycles. The van der Waals surface area contributed by atoms with Crippen molar-refractivity contribution >= 4 is 12.0 Å². The first-order valence-corrected chi connectivity index (χ1v) is 8.35. The number of carboxylic acid groups (broad SMARTS) is 1. The Morgan fingerprint density at radius 1 is 1.00 bits per heavy atom. The summed E-state index contributed by atoms with van der Waals surface area (Å²) in [5.74, 6) is -1.72. The number of carboxylic acids is 1. The fourth-order valence-electron chi connectivity index (χ4n) is 2.59. The number of aliphatic carboxylic acids is 1. The van der Waals surface area contributed by atoms with Crippen LogP contribution in [0, 0.1) is 0 Å². The third-order valence-electron chi connectivity index (χ3n) is 4.04. The first-order chi connectivity index (χ1) is 12.0. The average Bonchev–Trinajstić information content (AvgIpc) is 2.61. The van der Waals surface area contributed by atoms with Crippen LogP contribution >= 0.6 is 0 Å². The summed E-state index contributed by atoms with van der Waals surface area (Å²) < 4.78 is 0. The van der Waals surface area contributed by atoms with Crippen molar-refractivity contribution in [2.24, 2.45) is 0 Å². The molecule has 5 nitrogen and oxygen atoms in total. The minimum atomic E-state index is -0.953. The fraction of sp³-hybridized carbons (Fsp3) is 0.300. The van der Waals surface area contributed by atoms with E-state index < -0.39 is 11.9 Å². The normalized spacial score (nSPS) is 11.8. The molecule has 0 heterocycles. The molecule has 0 bridgehead atoms. The van der Waals surface area contributed by atoms with Gasteiger partial charge in [-0.3, -0.25) is 4.79 Å². The summed E-state index contributed by atoms with van der Waals surface area (Å²) in [5, 5.41) is 12.2. The van der Waals surface area contributed by atoms with Crippen molar-refractivity contribution in [3.8, 4) is 0 Å². The number of nitrogens with zero attached hydrogens (tertiary/aromatic N) is 1. The first kappa shape index (κ1) is 18.5. The predicted octanol–water partition coefficient (Wildman–Crippen LogP) is 3.48. The highest BCUT2D eigenvalue weighted by Crippen LogP contribution is 2.15. The predicted molar refractivity (Wildman–Crippen MR) is 97.3 cm³/mol. The summed E-state index contributed by atoms with van der Waals surface area (Å²) in [7, 11) is 0. The van der Waals surface area contributed by atoms with Gasteiger partial charge in [-0.25, -0.2) is 4.79 Å². The third kappa shape index (κ3) is 5.35. The second kappa shape index (κ2) is 8.87. The molecule has 2 aromatic carbocycles. The SMILES string of the molecule is CC(C)N(Cc1ccccc1)C(=O)NCC(C(=O)O)c1ccccc1. The quantitative estimate of drug-likeness (QED) is 0.811. The summed E-state index contributed by atoms with van der Waals surface area (Å²) in [4.78, 5) is 25.8. The molecule has 2 aromatic rings.